The summed E-state index contributed by atoms with van der Waals surface area (Å²) in [5.41, 5.74) is 4.96. The molecule has 2 N–H and O–H groups in total. The van der Waals surface area contributed by atoms with E-state index in [-0.39, 0.29) is 25.0 Å². The Kier molecular flexibility index (Phi) is 5.75. The number of carbonyl (C=O) groups is 3. The smallest absolute Gasteiger partial charge is 0.411 e. The Hall–Kier alpha value is -4.14. The molecule has 0 unspecified atom stereocenters. The molecule has 2 aliphatic rings. The molecule has 1 aromatic heterocycles. The van der Waals surface area contributed by atoms with E-state index < -0.39 is 18.1 Å². The van der Waals surface area contributed by atoms with Crippen LogP contribution in [0.4, 0.5) is 10.5 Å². The van der Waals surface area contributed by atoms with Gasteiger partial charge in [-0.05, 0) is 35.1 Å². The summed E-state index contributed by atoms with van der Waals surface area (Å²) in [6.07, 6.45) is 3.45. The first-order valence-electron chi connectivity index (χ1n) is 11.2. The molecule has 1 atom stereocenters. The molecule has 5 rings (SSSR count). The van der Waals surface area contributed by atoms with Crippen LogP contribution in [0.2, 0.25) is 0 Å². The Bertz CT molecular complexity index is 1210. The van der Waals surface area contributed by atoms with Gasteiger partial charge in [0.1, 0.15) is 19.2 Å². The maximum atomic E-state index is 12.5. The first-order chi connectivity index (χ1) is 16.5. The second kappa shape index (κ2) is 9.01. The minimum absolute atomic E-state index is 0.0406. The van der Waals surface area contributed by atoms with Crippen molar-refractivity contribution in [3.05, 3.63) is 72.1 Å². The van der Waals surface area contributed by atoms with Crippen LogP contribution in [0.15, 0.2) is 60.9 Å². The summed E-state index contributed by atoms with van der Waals surface area (Å²) in [7, 11) is 0. The number of anilines is 1. The predicted molar refractivity (Wildman–Crippen MR) is 123 cm³/mol. The van der Waals surface area contributed by atoms with Crippen molar-refractivity contribution in [3.8, 4) is 11.1 Å². The number of carboxylic acid groups (broad SMARTS) is 1. The first kappa shape index (κ1) is 21.7. The number of likely N-dealkylation sites (tertiary alicyclic amines) is 1. The quantitative estimate of drug-likeness (QED) is 0.583. The monoisotopic (exact) mass is 460 g/mol. The number of carboxylic acids is 1. The van der Waals surface area contributed by atoms with Crippen molar-refractivity contribution in [2.75, 3.05) is 18.5 Å². The van der Waals surface area contributed by atoms with E-state index in [1.165, 1.54) is 22.0 Å². The summed E-state index contributed by atoms with van der Waals surface area (Å²) in [6, 6.07) is 15.4. The summed E-state index contributed by atoms with van der Waals surface area (Å²) in [4.78, 5) is 37.6. The van der Waals surface area contributed by atoms with Crippen molar-refractivity contribution in [2.45, 2.75) is 31.3 Å². The van der Waals surface area contributed by atoms with E-state index in [1.807, 2.05) is 24.3 Å². The third-order valence-electron chi connectivity index (χ3n) is 6.38. The van der Waals surface area contributed by atoms with Crippen LogP contribution in [-0.2, 0) is 20.9 Å². The van der Waals surface area contributed by atoms with Crippen LogP contribution >= 0.6 is 0 Å². The molecule has 2 amide bonds. The summed E-state index contributed by atoms with van der Waals surface area (Å²) in [5.74, 6) is -1.36. The molecule has 3 aromatic rings. The molecule has 1 aliphatic heterocycles. The van der Waals surface area contributed by atoms with Gasteiger partial charge in [0.05, 0.1) is 11.9 Å². The molecular formula is C25H24N4O5. The van der Waals surface area contributed by atoms with Gasteiger partial charge < -0.3 is 14.7 Å². The van der Waals surface area contributed by atoms with Crippen molar-refractivity contribution >= 4 is 23.7 Å². The molecule has 34 heavy (non-hydrogen) atoms. The van der Waals surface area contributed by atoms with E-state index in [1.54, 1.807) is 0 Å². The number of hydrogen-bond donors (Lipinski definition) is 2. The lowest BCUT2D eigenvalue weighted by Crippen LogP contribution is -2.42. The molecule has 1 fully saturated rings. The summed E-state index contributed by atoms with van der Waals surface area (Å²) >= 11 is 0. The zero-order valence-corrected chi connectivity index (χ0v) is 18.4. The van der Waals surface area contributed by atoms with E-state index >= 15 is 0 Å². The van der Waals surface area contributed by atoms with Gasteiger partial charge in [0.2, 0.25) is 5.91 Å². The Balaban J connectivity index is 1.18. The number of nitrogens with zero attached hydrogens (tertiary/aromatic N) is 3. The third kappa shape index (κ3) is 4.12. The lowest BCUT2D eigenvalue weighted by Gasteiger charge is -2.21. The largest absolute Gasteiger partial charge is 0.480 e. The van der Waals surface area contributed by atoms with Crippen LogP contribution in [0.25, 0.3) is 11.1 Å². The Morgan fingerprint density at radius 3 is 2.41 bits per heavy atom. The van der Waals surface area contributed by atoms with E-state index in [4.69, 9.17) is 4.74 Å². The number of nitrogens with one attached hydrogen (secondary N) is 1. The summed E-state index contributed by atoms with van der Waals surface area (Å²) < 4.78 is 6.90. The van der Waals surface area contributed by atoms with Crippen molar-refractivity contribution in [1.29, 1.82) is 0 Å². The van der Waals surface area contributed by atoms with Crippen molar-refractivity contribution in [2.24, 2.45) is 0 Å². The van der Waals surface area contributed by atoms with Crippen LogP contribution in [0.5, 0.6) is 0 Å². The second-order valence-corrected chi connectivity index (χ2v) is 8.46. The lowest BCUT2D eigenvalue weighted by molar-refractivity contribution is -0.148. The molecule has 0 radical (unpaired) electrons. The zero-order valence-electron chi connectivity index (χ0n) is 18.4. The highest BCUT2D eigenvalue weighted by atomic mass is 16.5. The molecule has 174 valence electrons. The van der Waals surface area contributed by atoms with E-state index in [9.17, 15) is 19.5 Å². The van der Waals surface area contributed by atoms with Gasteiger partial charge in [0, 0.05) is 18.7 Å². The molecule has 0 spiro atoms. The number of benzene rings is 2. The van der Waals surface area contributed by atoms with Gasteiger partial charge in [-0.1, -0.05) is 48.5 Å². The van der Waals surface area contributed by atoms with Gasteiger partial charge in [-0.15, -0.1) is 0 Å². The Morgan fingerprint density at radius 1 is 1.06 bits per heavy atom. The SMILES string of the molecule is O=C(Nc1cnn(CC(=O)N2CCC[C@H]2C(=O)O)c1)OCC1c2ccccc2-c2ccccc21. The van der Waals surface area contributed by atoms with Crippen molar-refractivity contribution in [1.82, 2.24) is 14.7 Å². The Labute approximate surface area is 195 Å². The van der Waals surface area contributed by atoms with Gasteiger partial charge in [0.15, 0.2) is 0 Å². The molecule has 2 aromatic carbocycles. The normalized spacial score (nSPS) is 16.7. The third-order valence-corrected chi connectivity index (χ3v) is 6.38. The lowest BCUT2D eigenvalue weighted by atomic mass is 9.98. The topological polar surface area (TPSA) is 114 Å². The highest BCUT2D eigenvalue weighted by Crippen LogP contribution is 2.44. The zero-order chi connectivity index (χ0) is 23.7. The van der Waals surface area contributed by atoms with Gasteiger partial charge in [-0.2, -0.15) is 5.10 Å². The minimum Gasteiger partial charge on any atom is -0.480 e. The highest BCUT2D eigenvalue weighted by Gasteiger charge is 2.34. The molecular weight excluding hydrogens is 436 g/mol. The number of aliphatic carboxylic acids is 1. The van der Waals surface area contributed by atoms with E-state index in [0.29, 0.717) is 25.1 Å². The maximum Gasteiger partial charge on any atom is 0.411 e. The van der Waals surface area contributed by atoms with E-state index in [2.05, 4.69) is 34.7 Å². The fraction of sp³-hybridized carbons (Fsp3) is 0.280. The van der Waals surface area contributed by atoms with E-state index in [0.717, 1.165) is 22.3 Å². The summed E-state index contributed by atoms with van der Waals surface area (Å²) in [5, 5.41) is 16.0. The van der Waals surface area contributed by atoms with Crippen LogP contribution in [-0.4, -0.2) is 57.0 Å². The predicted octanol–water partition coefficient (Wildman–Crippen LogP) is 3.32. The van der Waals surface area contributed by atoms with Gasteiger partial charge in [0.25, 0.3) is 0 Å². The molecule has 0 bridgehead atoms. The van der Waals surface area contributed by atoms with Crippen molar-refractivity contribution in [3.63, 3.8) is 0 Å². The number of fused-ring (bicyclic) bond motifs is 3. The number of carbonyl (C=O) groups excluding carboxylic acids is 2. The van der Waals surface area contributed by atoms with Crippen LogP contribution in [0.1, 0.15) is 29.9 Å². The number of rotatable bonds is 6. The number of hydrogen-bond acceptors (Lipinski definition) is 5. The van der Waals surface area contributed by atoms with Crippen LogP contribution < -0.4 is 5.32 Å². The first-order valence-corrected chi connectivity index (χ1v) is 11.2. The molecule has 1 aliphatic carbocycles. The van der Waals surface area contributed by atoms with Crippen molar-refractivity contribution < 1.29 is 24.2 Å². The molecule has 9 heteroatoms. The fourth-order valence-electron chi connectivity index (χ4n) is 4.82. The number of ether oxygens (including phenoxy) is 1. The van der Waals surface area contributed by atoms with Gasteiger partial charge in [-0.25, -0.2) is 9.59 Å². The molecule has 2 heterocycles. The second-order valence-electron chi connectivity index (χ2n) is 8.46. The summed E-state index contributed by atoms with van der Waals surface area (Å²) in [6.45, 7) is 0.510. The molecule has 0 saturated carbocycles. The molecule has 1 saturated heterocycles. The van der Waals surface area contributed by atoms with Gasteiger partial charge >= 0.3 is 12.1 Å². The van der Waals surface area contributed by atoms with Gasteiger partial charge in [-0.3, -0.25) is 14.8 Å². The highest BCUT2D eigenvalue weighted by molar-refractivity contribution is 5.86. The fourth-order valence-corrected chi connectivity index (χ4v) is 4.82. The number of amides is 2. The Morgan fingerprint density at radius 2 is 1.74 bits per heavy atom. The van der Waals surface area contributed by atoms with Crippen LogP contribution in [0, 0.1) is 0 Å². The maximum absolute atomic E-state index is 12.5. The average molecular weight is 460 g/mol. The molecule has 9 nitrogen and oxygen atoms in total. The van der Waals surface area contributed by atoms with Crippen LogP contribution in [0.3, 0.4) is 0 Å². The minimum atomic E-state index is -0.996. The number of aromatic nitrogens is 2. The standard InChI is InChI=1S/C25H24N4O5/c30-23(29-11-5-10-22(29)24(31)32)14-28-13-16(12-26-28)27-25(33)34-15-21-19-8-3-1-6-17(19)18-7-2-4-9-20(18)21/h1-4,6-9,12-13,21-22H,5,10-11,14-15H2,(H,27,33)(H,31,32)/t22-/m0/s1. The average Bonchev–Trinajstić information content (AvgIpc) is 3.56.